The summed E-state index contributed by atoms with van der Waals surface area (Å²) >= 11 is 7.68. The number of hydrogen-bond acceptors (Lipinski definition) is 4. The summed E-state index contributed by atoms with van der Waals surface area (Å²) in [4.78, 5) is 0.928. The van der Waals surface area contributed by atoms with Crippen molar-refractivity contribution in [1.29, 1.82) is 0 Å². The van der Waals surface area contributed by atoms with Crippen LogP contribution >= 0.6 is 22.9 Å². The molecule has 2 aromatic heterocycles. The SMILES string of the molecule is COc1cnn(C(C)C)c1C(N)c1sccc1Cl. The quantitative estimate of drug-likeness (QED) is 0.938. The average molecular weight is 286 g/mol. The highest BCUT2D eigenvalue weighted by Crippen LogP contribution is 2.36. The van der Waals surface area contributed by atoms with Gasteiger partial charge in [0.25, 0.3) is 0 Å². The lowest BCUT2D eigenvalue weighted by molar-refractivity contribution is 0.401. The Bertz CT molecular complexity index is 535. The zero-order valence-corrected chi connectivity index (χ0v) is 12.1. The maximum Gasteiger partial charge on any atom is 0.161 e. The van der Waals surface area contributed by atoms with Gasteiger partial charge in [0.05, 0.1) is 24.4 Å². The molecule has 0 spiro atoms. The molecular formula is C12H16ClN3OS. The van der Waals surface area contributed by atoms with Gasteiger partial charge in [-0.15, -0.1) is 11.3 Å². The number of ether oxygens (including phenoxy) is 1. The first-order valence-corrected chi connectivity index (χ1v) is 6.91. The monoisotopic (exact) mass is 285 g/mol. The molecule has 0 aliphatic heterocycles. The van der Waals surface area contributed by atoms with E-state index in [9.17, 15) is 0 Å². The molecule has 2 rings (SSSR count). The van der Waals surface area contributed by atoms with Crippen molar-refractivity contribution in [2.75, 3.05) is 7.11 Å². The Morgan fingerprint density at radius 1 is 1.50 bits per heavy atom. The smallest absolute Gasteiger partial charge is 0.161 e. The van der Waals surface area contributed by atoms with Crippen LogP contribution in [0.15, 0.2) is 17.6 Å². The molecule has 0 aromatic carbocycles. The number of rotatable bonds is 4. The van der Waals surface area contributed by atoms with Gasteiger partial charge in [0.1, 0.15) is 5.69 Å². The van der Waals surface area contributed by atoms with Crippen LogP contribution in [-0.2, 0) is 0 Å². The van der Waals surface area contributed by atoms with Gasteiger partial charge in [-0.05, 0) is 25.3 Å². The molecule has 0 saturated carbocycles. The van der Waals surface area contributed by atoms with Crippen molar-refractivity contribution >= 4 is 22.9 Å². The minimum atomic E-state index is -0.322. The van der Waals surface area contributed by atoms with Crippen LogP contribution in [0.3, 0.4) is 0 Å². The molecule has 2 N–H and O–H groups in total. The van der Waals surface area contributed by atoms with E-state index in [-0.39, 0.29) is 12.1 Å². The number of nitrogens with zero attached hydrogens (tertiary/aromatic N) is 2. The Labute approximate surface area is 115 Å². The summed E-state index contributed by atoms with van der Waals surface area (Å²) in [6.45, 7) is 4.11. The highest BCUT2D eigenvalue weighted by atomic mass is 35.5. The number of aromatic nitrogens is 2. The zero-order valence-electron chi connectivity index (χ0n) is 10.6. The predicted octanol–water partition coefficient (Wildman–Crippen LogP) is 3.24. The maximum atomic E-state index is 6.31. The Balaban J connectivity index is 2.49. The molecule has 0 bridgehead atoms. The summed E-state index contributed by atoms with van der Waals surface area (Å²) in [5, 5.41) is 6.94. The molecule has 6 heteroatoms. The van der Waals surface area contributed by atoms with Crippen LogP contribution in [0.25, 0.3) is 0 Å². The molecular weight excluding hydrogens is 270 g/mol. The van der Waals surface area contributed by atoms with E-state index >= 15 is 0 Å². The molecule has 2 aromatic rings. The van der Waals surface area contributed by atoms with E-state index in [0.717, 1.165) is 10.6 Å². The molecule has 1 atom stereocenters. The number of methoxy groups -OCH3 is 1. The van der Waals surface area contributed by atoms with Gasteiger partial charge in [-0.1, -0.05) is 11.6 Å². The van der Waals surface area contributed by atoms with Crippen molar-refractivity contribution in [2.24, 2.45) is 5.73 Å². The Morgan fingerprint density at radius 2 is 2.22 bits per heavy atom. The first-order valence-electron chi connectivity index (χ1n) is 5.66. The molecule has 98 valence electrons. The topological polar surface area (TPSA) is 53.1 Å². The van der Waals surface area contributed by atoms with Crippen molar-refractivity contribution in [1.82, 2.24) is 9.78 Å². The van der Waals surface area contributed by atoms with Crippen LogP contribution < -0.4 is 10.5 Å². The standard InChI is InChI=1S/C12H16ClN3OS/c1-7(2)16-11(9(17-3)6-15-16)10(14)12-8(13)4-5-18-12/h4-7,10H,14H2,1-3H3. The van der Waals surface area contributed by atoms with E-state index < -0.39 is 0 Å². The normalized spacial score (nSPS) is 13.0. The lowest BCUT2D eigenvalue weighted by Crippen LogP contribution is -2.18. The van der Waals surface area contributed by atoms with Gasteiger partial charge in [0, 0.05) is 10.9 Å². The minimum absolute atomic E-state index is 0.216. The number of thiophene rings is 1. The fourth-order valence-electron chi connectivity index (χ4n) is 1.87. The first kappa shape index (κ1) is 13.4. The van der Waals surface area contributed by atoms with E-state index in [1.807, 2.05) is 16.1 Å². The lowest BCUT2D eigenvalue weighted by Gasteiger charge is -2.17. The number of halogens is 1. The van der Waals surface area contributed by atoms with Crippen molar-refractivity contribution in [3.63, 3.8) is 0 Å². The van der Waals surface area contributed by atoms with Crippen molar-refractivity contribution in [3.05, 3.63) is 33.2 Å². The zero-order chi connectivity index (χ0) is 13.3. The summed E-state index contributed by atoms with van der Waals surface area (Å²) in [7, 11) is 1.62. The second kappa shape index (κ2) is 5.30. The Hall–Kier alpha value is -1.04. The molecule has 0 radical (unpaired) electrons. The van der Waals surface area contributed by atoms with Crippen LogP contribution in [0.5, 0.6) is 5.75 Å². The maximum absolute atomic E-state index is 6.31. The minimum Gasteiger partial charge on any atom is -0.493 e. The number of hydrogen-bond donors (Lipinski definition) is 1. The molecule has 0 saturated heterocycles. The molecule has 0 aliphatic carbocycles. The van der Waals surface area contributed by atoms with Gasteiger partial charge in [-0.2, -0.15) is 5.10 Å². The Morgan fingerprint density at radius 3 is 2.72 bits per heavy atom. The van der Waals surface area contributed by atoms with Gasteiger partial charge >= 0.3 is 0 Å². The fraction of sp³-hybridized carbons (Fsp3) is 0.417. The van der Waals surface area contributed by atoms with Crippen LogP contribution in [0.1, 0.15) is 36.5 Å². The van der Waals surface area contributed by atoms with Crippen LogP contribution in [0.2, 0.25) is 5.02 Å². The van der Waals surface area contributed by atoms with E-state index in [0.29, 0.717) is 10.8 Å². The Kier molecular flexibility index (Phi) is 3.94. The van der Waals surface area contributed by atoms with E-state index in [1.165, 1.54) is 0 Å². The fourth-order valence-corrected chi connectivity index (χ4v) is 3.05. The van der Waals surface area contributed by atoms with Crippen LogP contribution in [0.4, 0.5) is 0 Å². The van der Waals surface area contributed by atoms with Gasteiger partial charge in [-0.3, -0.25) is 4.68 Å². The highest BCUT2D eigenvalue weighted by Gasteiger charge is 2.24. The molecule has 0 amide bonds. The van der Waals surface area contributed by atoms with Crippen LogP contribution in [0, 0.1) is 0 Å². The molecule has 2 heterocycles. The second-order valence-electron chi connectivity index (χ2n) is 4.25. The molecule has 4 nitrogen and oxygen atoms in total. The van der Waals surface area contributed by atoms with Gasteiger partial charge in [-0.25, -0.2) is 0 Å². The van der Waals surface area contributed by atoms with Crippen molar-refractivity contribution in [2.45, 2.75) is 25.9 Å². The highest BCUT2D eigenvalue weighted by molar-refractivity contribution is 7.10. The third kappa shape index (κ3) is 2.25. The van der Waals surface area contributed by atoms with E-state index in [4.69, 9.17) is 22.1 Å². The summed E-state index contributed by atoms with van der Waals surface area (Å²) in [6.07, 6.45) is 1.69. The van der Waals surface area contributed by atoms with Gasteiger partial charge < -0.3 is 10.5 Å². The third-order valence-electron chi connectivity index (χ3n) is 2.73. The van der Waals surface area contributed by atoms with Gasteiger partial charge in [0.2, 0.25) is 0 Å². The lowest BCUT2D eigenvalue weighted by atomic mass is 10.1. The first-order chi connectivity index (χ1) is 8.56. The summed E-state index contributed by atoms with van der Waals surface area (Å²) < 4.78 is 7.21. The van der Waals surface area contributed by atoms with E-state index in [1.54, 1.807) is 24.6 Å². The largest absolute Gasteiger partial charge is 0.493 e. The molecule has 1 unspecified atom stereocenters. The molecule has 0 aliphatic rings. The summed E-state index contributed by atoms with van der Waals surface area (Å²) in [5.41, 5.74) is 7.16. The molecule has 18 heavy (non-hydrogen) atoms. The molecule has 0 fully saturated rings. The third-order valence-corrected chi connectivity index (χ3v) is 4.17. The average Bonchev–Trinajstić information content (AvgIpc) is 2.93. The van der Waals surface area contributed by atoms with E-state index in [2.05, 4.69) is 18.9 Å². The summed E-state index contributed by atoms with van der Waals surface area (Å²) in [6, 6.07) is 1.75. The van der Waals surface area contributed by atoms with Crippen molar-refractivity contribution < 1.29 is 4.74 Å². The second-order valence-corrected chi connectivity index (χ2v) is 5.60. The number of nitrogens with two attached hydrogens (primary N) is 1. The predicted molar refractivity (Wildman–Crippen MR) is 74.5 cm³/mol. The van der Waals surface area contributed by atoms with Gasteiger partial charge in [0.15, 0.2) is 5.75 Å². The van der Waals surface area contributed by atoms with Crippen LogP contribution in [-0.4, -0.2) is 16.9 Å². The van der Waals surface area contributed by atoms with Crippen molar-refractivity contribution in [3.8, 4) is 5.75 Å². The summed E-state index contributed by atoms with van der Waals surface area (Å²) in [5.74, 6) is 0.695.